The van der Waals surface area contributed by atoms with Gasteiger partial charge in [-0.2, -0.15) is 0 Å². The van der Waals surface area contributed by atoms with Gasteiger partial charge in [0.2, 0.25) is 5.91 Å². The number of aliphatic hydroxyl groups is 8. The molecule has 14 nitrogen and oxygen atoms in total. The zero-order valence-electron chi connectivity index (χ0n) is 31.9. The number of amides is 1. The van der Waals surface area contributed by atoms with Crippen LogP contribution in [-0.2, 0) is 23.7 Å². The van der Waals surface area contributed by atoms with Crippen LogP contribution in [-0.4, -0.2) is 151 Å². The highest BCUT2D eigenvalue weighted by Gasteiger charge is 2.50. The third-order valence-corrected chi connectivity index (χ3v) is 13.4. The maximum Gasteiger partial charge on any atom is 0.220 e. The molecule has 1 amide bonds. The first-order valence-electron chi connectivity index (χ1n) is 20.2. The first kappa shape index (κ1) is 47.8. The lowest BCUT2D eigenvalue weighted by Gasteiger charge is -2.46. The van der Waals surface area contributed by atoms with Crippen LogP contribution in [0.25, 0.3) is 0 Å². The van der Waals surface area contributed by atoms with E-state index in [2.05, 4.69) is 12.2 Å². The van der Waals surface area contributed by atoms with Crippen molar-refractivity contribution in [2.45, 2.75) is 195 Å². The maximum atomic E-state index is 13.0. The van der Waals surface area contributed by atoms with Gasteiger partial charge in [0.1, 0.15) is 48.8 Å². The summed E-state index contributed by atoms with van der Waals surface area (Å²) in [7, 11) is 3.79. The molecule has 3 saturated heterocycles. The predicted octanol–water partition coefficient (Wildman–Crippen LogP) is 2.44. The lowest BCUT2D eigenvalue weighted by molar-refractivity contribution is -0.359. The second kappa shape index (κ2) is 27.2. The molecule has 3 heterocycles. The molecule has 0 aromatic heterocycles. The molecule has 13 atom stereocenters. The second-order valence-electron chi connectivity index (χ2n) is 14.8. The molecule has 54 heavy (non-hydrogen) atoms. The van der Waals surface area contributed by atoms with Gasteiger partial charge >= 0.3 is 0 Å². The normalized spacial score (nSPS) is 32.9. The van der Waals surface area contributed by atoms with Crippen LogP contribution in [0, 0.1) is 0 Å². The number of ether oxygens (including phenoxy) is 4. The summed E-state index contributed by atoms with van der Waals surface area (Å²) in [4.78, 5) is 13.0. The van der Waals surface area contributed by atoms with Crippen LogP contribution >= 0.6 is 21.6 Å². The van der Waals surface area contributed by atoms with Crippen LogP contribution in [0.5, 0.6) is 0 Å². The lowest BCUT2D eigenvalue weighted by atomic mass is 9.97. The number of carbonyl (C=O) groups is 1. The summed E-state index contributed by atoms with van der Waals surface area (Å²) in [5.41, 5.74) is 0. The number of allylic oxidation sites excluding steroid dienone is 1. The molecule has 0 saturated carbocycles. The SMILES string of the molecule is CCCCCCCCCCCCC/C=C/[C@@H](O)[C@H](CO[C@@H]1O[C@H](CO)[C@@H](O[C@@H]2O[C@H](CO)[C@H](O)[C@H](O)[C@H]2O)[C@H](O)[C@H]1O)NC(=O)CCCCC1CCSS1. The van der Waals surface area contributed by atoms with Crippen LogP contribution < -0.4 is 5.32 Å². The fourth-order valence-electron chi connectivity index (χ4n) is 6.91. The Morgan fingerprint density at radius 3 is 2.06 bits per heavy atom. The summed E-state index contributed by atoms with van der Waals surface area (Å²) in [5.74, 6) is 0.907. The quantitative estimate of drug-likeness (QED) is 0.0330. The van der Waals surface area contributed by atoms with Crippen molar-refractivity contribution in [3.8, 4) is 0 Å². The maximum absolute atomic E-state index is 13.0. The third-order valence-electron chi connectivity index (χ3n) is 10.4. The minimum atomic E-state index is -1.78. The Morgan fingerprint density at radius 1 is 0.796 bits per heavy atom. The second-order valence-corrected chi connectivity index (χ2v) is 17.6. The van der Waals surface area contributed by atoms with Crippen molar-refractivity contribution in [3.63, 3.8) is 0 Å². The molecule has 0 bridgehead atoms. The minimum absolute atomic E-state index is 0.249. The lowest BCUT2D eigenvalue weighted by Crippen LogP contribution is -2.65. The van der Waals surface area contributed by atoms with Gasteiger partial charge in [-0.15, -0.1) is 0 Å². The molecule has 1 unspecified atom stereocenters. The molecule has 0 aromatic rings. The number of nitrogens with one attached hydrogen (secondary N) is 1. The Labute approximate surface area is 329 Å². The van der Waals surface area contributed by atoms with Crippen molar-refractivity contribution < 1.29 is 64.6 Å². The molecule has 0 radical (unpaired) electrons. The molecule has 3 aliphatic rings. The highest BCUT2D eigenvalue weighted by atomic mass is 33.1. The Balaban J connectivity index is 1.51. The number of rotatable bonds is 27. The number of aliphatic hydroxyl groups excluding tert-OH is 8. The van der Waals surface area contributed by atoms with Crippen molar-refractivity contribution in [2.24, 2.45) is 0 Å². The van der Waals surface area contributed by atoms with Crippen molar-refractivity contribution >= 4 is 27.5 Å². The first-order valence-corrected chi connectivity index (χ1v) is 22.6. The van der Waals surface area contributed by atoms with Crippen LogP contribution in [0.2, 0.25) is 0 Å². The monoisotopic (exact) mass is 811 g/mol. The molecule has 0 spiro atoms. The zero-order valence-corrected chi connectivity index (χ0v) is 33.6. The van der Waals surface area contributed by atoms with Gasteiger partial charge in [-0.1, -0.05) is 111 Å². The molecule has 0 aliphatic carbocycles. The van der Waals surface area contributed by atoms with Crippen molar-refractivity contribution in [2.75, 3.05) is 25.6 Å². The van der Waals surface area contributed by atoms with Gasteiger partial charge in [0.15, 0.2) is 12.6 Å². The van der Waals surface area contributed by atoms with E-state index < -0.39 is 86.8 Å². The summed E-state index contributed by atoms with van der Waals surface area (Å²) < 4.78 is 22.5. The zero-order chi connectivity index (χ0) is 39.3. The minimum Gasteiger partial charge on any atom is -0.394 e. The summed E-state index contributed by atoms with van der Waals surface area (Å²) in [6, 6.07) is -0.906. The Morgan fingerprint density at radius 2 is 1.43 bits per heavy atom. The van der Waals surface area contributed by atoms with E-state index in [0.717, 1.165) is 37.9 Å². The summed E-state index contributed by atoms with van der Waals surface area (Å²) in [5, 5.41) is 86.7. The van der Waals surface area contributed by atoms with E-state index in [-0.39, 0.29) is 18.9 Å². The number of hydrogen-bond donors (Lipinski definition) is 9. The summed E-state index contributed by atoms with van der Waals surface area (Å²) in [6.07, 6.45) is 5.10. The number of hydrogen-bond acceptors (Lipinski definition) is 15. The Kier molecular flexibility index (Phi) is 24.1. The molecule has 316 valence electrons. The van der Waals surface area contributed by atoms with Gasteiger partial charge in [-0.3, -0.25) is 4.79 Å². The first-order chi connectivity index (χ1) is 26.1. The third kappa shape index (κ3) is 16.4. The predicted molar refractivity (Wildman–Crippen MR) is 207 cm³/mol. The summed E-state index contributed by atoms with van der Waals surface area (Å²) >= 11 is 0. The fourth-order valence-corrected chi connectivity index (χ4v) is 9.94. The van der Waals surface area contributed by atoms with E-state index in [1.807, 2.05) is 27.7 Å². The van der Waals surface area contributed by atoms with Crippen LogP contribution in [0.3, 0.4) is 0 Å². The van der Waals surface area contributed by atoms with Crippen molar-refractivity contribution in [1.82, 2.24) is 5.32 Å². The molecule has 9 N–H and O–H groups in total. The van der Waals surface area contributed by atoms with E-state index in [4.69, 9.17) is 18.9 Å². The van der Waals surface area contributed by atoms with Gasteiger partial charge in [0, 0.05) is 17.4 Å². The molecular formula is C38H69NO13S2. The smallest absolute Gasteiger partial charge is 0.220 e. The van der Waals surface area contributed by atoms with Crippen molar-refractivity contribution in [1.29, 1.82) is 0 Å². The Bertz CT molecular complexity index is 1020. The average Bonchev–Trinajstić information content (AvgIpc) is 3.70. The topological polar surface area (TPSA) is 228 Å². The van der Waals surface area contributed by atoms with Gasteiger partial charge in [0.05, 0.1) is 32.0 Å². The molecule has 0 aromatic carbocycles. The molecule has 3 fully saturated rings. The van der Waals surface area contributed by atoms with Crippen LogP contribution in [0.4, 0.5) is 0 Å². The molecular weight excluding hydrogens is 743 g/mol. The van der Waals surface area contributed by atoms with E-state index >= 15 is 0 Å². The van der Waals surface area contributed by atoms with Gasteiger partial charge in [-0.05, 0) is 32.1 Å². The van der Waals surface area contributed by atoms with Crippen LogP contribution in [0.1, 0.15) is 116 Å². The van der Waals surface area contributed by atoms with E-state index in [9.17, 15) is 45.6 Å². The van der Waals surface area contributed by atoms with Crippen LogP contribution in [0.15, 0.2) is 12.2 Å². The highest BCUT2D eigenvalue weighted by Crippen LogP contribution is 2.40. The average molecular weight is 812 g/mol. The fraction of sp³-hybridized carbons (Fsp3) is 0.921. The molecule has 3 aliphatic heterocycles. The van der Waals surface area contributed by atoms with E-state index in [1.54, 1.807) is 6.08 Å². The van der Waals surface area contributed by atoms with Crippen molar-refractivity contribution in [3.05, 3.63) is 12.2 Å². The van der Waals surface area contributed by atoms with E-state index in [0.29, 0.717) is 11.7 Å². The standard InChI is InChI=1S/C38H69NO13S2/c1-2-3-4-5-6-7-8-9-10-11-12-13-14-18-27(42)26(39-30(43)19-16-15-17-25-20-21-53-54-25)24-49-37-35(48)33(46)36(29(23-41)51-37)52-38-34(47)32(45)31(44)28(22-40)50-38/h14,18,25-29,31-38,40-42,44-48H,2-13,15-17,19-24H2,1H3,(H,39,43)/b18-14+/t25?,26-,27+,28+,29+,31-,32-,33+,34+,35+,36+,37+,38-/m0/s1. The molecule has 3 rings (SSSR count). The van der Waals surface area contributed by atoms with E-state index in [1.165, 1.54) is 64.2 Å². The van der Waals surface area contributed by atoms with Gasteiger partial charge < -0.3 is 65.1 Å². The largest absolute Gasteiger partial charge is 0.394 e. The number of carbonyl (C=O) groups excluding carboxylic acids is 1. The Hall–Kier alpha value is -0.570. The van der Waals surface area contributed by atoms with Gasteiger partial charge in [-0.25, -0.2) is 0 Å². The molecule has 16 heteroatoms. The number of unbranched alkanes of at least 4 members (excludes halogenated alkanes) is 12. The van der Waals surface area contributed by atoms with Gasteiger partial charge in [0.25, 0.3) is 0 Å². The summed E-state index contributed by atoms with van der Waals surface area (Å²) in [6.45, 7) is 0.521. The highest BCUT2D eigenvalue weighted by molar-refractivity contribution is 8.77.